The average molecular weight is 417 g/mol. The van der Waals surface area contributed by atoms with Crippen LogP contribution >= 0.6 is 0 Å². The molecule has 3 rings (SSSR count). The van der Waals surface area contributed by atoms with Gasteiger partial charge in [0.2, 0.25) is 5.91 Å². The molecule has 30 heavy (non-hydrogen) atoms. The van der Waals surface area contributed by atoms with Gasteiger partial charge in [0.1, 0.15) is 0 Å². The first-order chi connectivity index (χ1) is 14.1. The summed E-state index contributed by atoms with van der Waals surface area (Å²) >= 11 is 0. The number of carbonyl (C=O) groups excluding carboxylic acids is 2. The number of anilines is 1. The summed E-state index contributed by atoms with van der Waals surface area (Å²) < 4.78 is 0. The Morgan fingerprint density at radius 1 is 1.00 bits per heavy atom. The summed E-state index contributed by atoms with van der Waals surface area (Å²) in [6.07, 6.45) is 2.08. The molecule has 0 spiro atoms. The van der Waals surface area contributed by atoms with E-state index in [0.29, 0.717) is 37.7 Å². The fourth-order valence-corrected chi connectivity index (χ4v) is 4.09. The largest absolute Gasteiger partial charge is 0.371 e. The molecule has 0 aliphatic carbocycles. The maximum Gasteiger partial charge on any atom is 0.270 e. The number of carbonyl (C=O) groups is 2. The summed E-state index contributed by atoms with van der Waals surface area (Å²) in [6, 6.07) is 4.59. The van der Waals surface area contributed by atoms with E-state index in [9.17, 15) is 19.7 Å². The van der Waals surface area contributed by atoms with Gasteiger partial charge in [0, 0.05) is 56.8 Å². The number of nitrogens with zero attached hydrogens (tertiary/aromatic N) is 4. The molecule has 0 radical (unpaired) electrons. The molecule has 0 unspecified atom stereocenters. The van der Waals surface area contributed by atoms with Crippen molar-refractivity contribution in [2.75, 3.05) is 44.2 Å². The molecule has 2 heterocycles. The van der Waals surface area contributed by atoms with Gasteiger partial charge in [-0.1, -0.05) is 27.7 Å². The van der Waals surface area contributed by atoms with Crippen LogP contribution in [0.4, 0.5) is 11.4 Å². The Morgan fingerprint density at radius 2 is 1.57 bits per heavy atom. The second kappa shape index (κ2) is 8.62. The molecule has 2 fully saturated rings. The Kier molecular flexibility index (Phi) is 6.33. The van der Waals surface area contributed by atoms with Crippen molar-refractivity contribution in [1.29, 1.82) is 0 Å². The number of amides is 2. The highest BCUT2D eigenvalue weighted by atomic mass is 16.6. The van der Waals surface area contributed by atoms with Crippen LogP contribution in [-0.2, 0) is 4.79 Å². The van der Waals surface area contributed by atoms with Crippen LogP contribution in [0.5, 0.6) is 0 Å². The van der Waals surface area contributed by atoms with Crippen LogP contribution < -0.4 is 4.90 Å². The third-order valence-corrected chi connectivity index (χ3v) is 6.04. The first kappa shape index (κ1) is 22.1. The third kappa shape index (κ3) is 4.74. The van der Waals surface area contributed by atoms with Gasteiger partial charge in [0.25, 0.3) is 11.6 Å². The van der Waals surface area contributed by atoms with Crippen LogP contribution in [0, 0.1) is 21.4 Å². The van der Waals surface area contributed by atoms with E-state index >= 15 is 0 Å². The lowest BCUT2D eigenvalue weighted by molar-refractivity contribution is -0.384. The Hall–Kier alpha value is -2.64. The molecule has 0 saturated carbocycles. The smallest absolute Gasteiger partial charge is 0.270 e. The number of benzene rings is 1. The summed E-state index contributed by atoms with van der Waals surface area (Å²) in [7, 11) is 0. The number of nitro groups is 1. The summed E-state index contributed by atoms with van der Waals surface area (Å²) in [5, 5.41) is 11.3. The molecule has 2 amide bonds. The van der Waals surface area contributed by atoms with Crippen LogP contribution in [0.3, 0.4) is 0 Å². The summed E-state index contributed by atoms with van der Waals surface area (Å²) in [4.78, 5) is 42.4. The topological polar surface area (TPSA) is 87.0 Å². The van der Waals surface area contributed by atoms with E-state index in [4.69, 9.17) is 0 Å². The fraction of sp³-hybridized carbons (Fsp3) is 0.636. The quantitative estimate of drug-likeness (QED) is 0.558. The second-order valence-electron chi connectivity index (χ2n) is 9.46. The first-order valence-electron chi connectivity index (χ1n) is 10.7. The van der Waals surface area contributed by atoms with Crippen molar-refractivity contribution < 1.29 is 14.5 Å². The molecular weight excluding hydrogens is 384 g/mol. The highest BCUT2D eigenvalue weighted by Crippen LogP contribution is 2.30. The van der Waals surface area contributed by atoms with Crippen LogP contribution in [-0.4, -0.2) is 65.8 Å². The normalized spacial score (nSPS) is 18.5. The zero-order valence-electron chi connectivity index (χ0n) is 18.4. The van der Waals surface area contributed by atoms with Gasteiger partial charge in [-0.2, -0.15) is 0 Å². The van der Waals surface area contributed by atoms with E-state index in [1.807, 2.05) is 20.8 Å². The highest BCUT2D eigenvalue weighted by Gasteiger charge is 2.32. The lowest BCUT2D eigenvalue weighted by atomic mass is 9.94. The molecule has 2 aliphatic rings. The second-order valence-corrected chi connectivity index (χ2v) is 9.46. The number of non-ortho nitro benzene ring substituents is 1. The van der Waals surface area contributed by atoms with Gasteiger partial charge in [-0.05, 0) is 24.8 Å². The van der Waals surface area contributed by atoms with Crippen molar-refractivity contribution >= 4 is 23.2 Å². The van der Waals surface area contributed by atoms with Crippen molar-refractivity contribution in [3.63, 3.8) is 0 Å². The zero-order chi connectivity index (χ0) is 22.1. The van der Waals surface area contributed by atoms with Gasteiger partial charge in [-0.25, -0.2) is 0 Å². The molecule has 1 aromatic carbocycles. The Morgan fingerprint density at radius 3 is 2.10 bits per heavy atom. The zero-order valence-corrected chi connectivity index (χ0v) is 18.4. The van der Waals surface area contributed by atoms with Crippen LogP contribution in [0.1, 0.15) is 50.9 Å². The Bertz CT molecular complexity index is 817. The summed E-state index contributed by atoms with van der Waals surface area (Å²) in [5.74, 6) is 0.523. The first-order valence-corrected chi connectivity index (χ1v) is 10.7. The van der Waals surface area contributed by atoms with E-state index in [2.05, 4.69) is 11.8 Å². The molecular formula is C22H32N4O4. The maximum absolute atomic E-state index is 13.3. The van der Waals surface area contributed by atoms with Gasteiger partial charge in [-0.15, -0.1) is 0 Å². The number of piperazine rings is 1. The van der Waals surface area contributed by atoms with E-state index in [1.54, 1.807) is 15.9 Å². The molecule has 164 valence electrons. The van der Waals surface area contributed by atoms with Crippen molar-refractivity contribution in [1.82, 2.24) is 9.80 Å². The number of hydrogen-bond acceptors (Lipinski definition) is 5. The number of rotatable bonds is 3. The predicted molar refractivity (Wildman–Crippen MR) is 116 cm³/mol. The van der Waals surface area contributed by atoms with Crippen LogP contribution in [0.2, 0.25) is 0 Å². The van der Waals surface area contributed by atoms with Crippen LogP contribution in [0.15, 0.2) is 18.2 Å². The summed E-state index contributed by atoms with van der Waals surface area (Å²) in [6.45, 7) is 11.4. The third-order valence-electron chi connectivity index (χ3n) is 6.04. The molecule has 0 N–H and O–H groups in total. The Labute approximate surface area is 178 Å². The minimum atomic E-state index is -0.460. The molecule has 0 aromatic heterocycles. The van der Waals surface area contributed by atoms with Crippen LogP contribution in [0.25, 0.3) is 0 Å². The Balaban J connectivity index is 1.80. The molecule has 8 nitrogen and oxygen atoms in total. The SMILES string of the molecule is CC1CCN(c2ccc([N+](=O)[O-])cc2C(=O)N2CCN(C(=O)C(C)(C)C)CC2)CC1. The van der Waals surface area contributed by atoms with Gasteiger partial charge < -0.3 is 14.7 Å². The minimum absolute atomic E-state index is 0.0750. The molecule has 2 aliphatic heterocycles. The van der Waals surface area contributed by atoms with Crippen molar-refractivity contribution in [3.8, 4) is 0 Å². The molecule has 0 bridgehead atoms. The van der Waals surface area contributed by atoms with Gasteiger partial charge in [-0.3, -0.25) is 19.7 Å². The number of nitro benzene ring substituents is 1. The average Bonchev–Trinajstić information content (AvgIpc) is 2.72. The van der Waals surface area contributed by atoms with E-state index < -0.39 is 10.3 Å². The fourth-order valence-electron chi connectivity index (χ4n) is 4.09. The minimum Gasteiger partial charge on any atom is -0.371 e. The molecule has 8 heteroatoms. The van der Waals surface area contributed by atoms with Crippen molar-refractivity contribution in [2.24, 2.45) is 11.3 Å². The van der Waals surface area contributed by atoms with Crippen molar-refractivity contribution in [3.05, 3.63) is 33.9 Å². The van der Waals surface area contributed by atoms with E-state index in [-0.39, 0.29) is 17.5 Å². The molecule has 0 atom stereocenters. The maximum atomic E-state index is 13.3. The predicted octanol–water partition coefficient (Wildman–Crippen LogP) is 3.16. The lowest BCUT2D eigenvalue weighted by Gasteiger charge is -2.38. The highest BCUT2D eigenvalue weighted by molar-refractivity contribution is 6.00. The number of hydrogen-bond donors (Lipinski definition) is 0. The van der Waals surface area contributed by atoms with Crippen molar-refractivity contribution in [2.45, 2.75) is 40.5 Å². The monoisotopic (exact) mass is 416 g/mol. The van der Waals surface area contributed by atoms with E-state index in [1.165, 1.54) is 12.1 Å². The standard InChI is InChI=1S/C22H32N4O4/c1-16-7-9-23(10-8-16)19-6-5-17(26(29)30)15-18(19)20(27)24-11-13-25(14-12-24)21(28)22(2,3)4/h5-6,15-16H,7-14H2,1-4H3. The molecule has 1 aromatic rings. The molecule has 2 saturated heterocycles. The summed E-state index contributed by atoms with van der Waals surface area (Å²) in [5.41, 5.74) is 0.624. The number of piperidine rings is 1. The van der Waals surface area contributed by atoms with Gasteiger partial charge in [0.15, 0.2) is 0 Å². The lowest BCUT2D eigenvalue weighted by Crippen LogP contribution is -2.53. The van der Waals surface area contributed by atoms with Gasteiger partial charge in [0.05, 0.1) is 16.2 Å². The van der Waals surface area contributed by atoms with Gasteiger partial charge >= 0.3 is 0 Å². The van der Waals surface area contributed by atoms with E-state index in [0.717, 1.165) is 31.6 Å².